The summed E-state index contributed by atoms with van der Waals surface area (Å²) in [6.45, 7) is 0. The molecule has 0 fully saturated rings. The summed E-state index contributed by atoms with van der Waals surface area (Å²) in [5, 5.41) is -2.05. The van der Waals surface area contributed by atoms with Crippen LogP contribution in [0.25, 0.3) is 0 Å². The fourth-order valence-electron chi connectivity index (χ4n) is 3.29. The minimum Gasteiger partial charge on any atom is -0.481 e. The summed E-state index contributed by atoms with van der Waals surface area (Å²) < 4.78 is 167. The summed E-state index contributed by atoms with van der Waals surface area (Å²) in [6, 6.07) is 4.05. The summed E-state index contributed by atoms with van der Waals surface area (Å²) in [4.78, 5) is 3.86. The summed E-state index contributed by atoms with van der Waals surface area (Å²) in [7, 11) is -2.01. The lowest BCUT2D eigenvalue weighted by Gasteiger charge is -2.26. The molecule has 15 heteroatoms. The number of pyridine rings is 1. The van der Waals surface area contributed by atoms with Gasteiger partial charge in [-0.05, 0) is 40.9 Å². The maximum atomic E-state index is 13.9. The maximum absolute atomic E-state index is 13.9. The minimum absolute atomic E-state index is 0.247. The van der Waals surface area contributed by atoms with E-state index >= 15 is 0 Å². The second-order valence-electron chi connectivity index (χ2n) is 7.33. The average Bonchev–Trinajstić information content (AvgIpc) is 2.77. The zero-order chi connectivity index (χ0) is 28.0. The third-order valence-electron chi connectivity index (χ3n) is 4.89. The van der Waals surface area contributed by atoms with Gasteiger partial charge in [-0.2, -0.15) is 52.7 Å². The average molecular weight is 565 g/mol. The fraction of sp³-hybridized carbons (Fsp3) is 0.227. The lowest BCUT2D eigenvalue weighted by atomic mass is 10.1. The van der Waals surface area contributed by atoms with Gasteiger partial charge in [-0.25, -0.2) is 4.98 Å². The molecule has 0 bridgehead atoms. The zero-order valence-electron chi connectivity index (χ0n) is 18.0. The molecule has 0 saturated carbocycles. The summed E-state index contributed by atoms with van der Waals surface area (Å²) in [6.07, 6.45) is -21.4. The molecule has 0 aliphatic rings. The van der Waals surface area contributed by atoms with E-state index in [1.807, 2.05) is 0 Å². The summed E-state index contributed by atoms with van der Waals surface area (Å²) >= 11 is 0. The van der Waals surface area contributed by atoms with Gasteiger partial charge in [-0.3, -0.25) is 0 Å². The Morgan fingerprint density at radius 2 is 1.03 bits per heavy atom. The molecule has 0 N–H and O–H groups in total. The number of ether oxygens (including phenoxy) is 1. The second-order valence-corrected chi connectivity index (χ2v) is 9.42. The highest BCUT2D eigenvalue weighted by Gasteiger charge is 2.44. The Bertz CT molecular complexity index is 1200. The van der Waals surface area contributed by atoms with E-state index in [1.54, 1.807) is 0 Å². The monoisotopic (exact) mass is 565 g/mol. The Balaban J connectivity index is 2.45. The van der Waals surface area contributed by atoms with Crippen molar-refractivity contribution in [2.75, 3.05) is 7.11 Å². The van der Waals surface area contributed by atoms with E-state index < -0.39 is 70.9 Å². The van der Waals surface area contributed by atoms with Crippen LogP contribution in [-0.2, 0) is 24.7 Å². The number of alkyl halides is 12. The Morgan fingerprint density at radius 3 is 1.38 bits per heavy atom. The van der Waals surface area contributed by atoms with E-state index in [-0.39, 0.29) is 30.1 Å². The van der Waals surface area contributed by atoms with Crippen molar-refractivity contribution in [2.45, 2.75) is 24.7 Å². The Morgan fingerprint density at radius 1 is 0.595 bits per heavy atom. The molecule has 37 heavy (non-hydrogen) atoms. The van der Waals surface area contributed by atoms with Gasteiger partial charge >= 0.3 is 24.7 Å². The Hall–Kier alpha value is -3.02. The molecule has 0 unspecified atom stereocenters. The molecule has 1 aromatic heterocycles. The van der Waals surface area contributed by atoms with Crippen LogP contribution in [0.4, 0.5) is 52.7 Å². The first-order valence-corrected chi connectivity index (χ1v) is 11.1. The van der Waals surface area contributed by atoms with Crippen LogP contribution in [0.2, 0.25) is 0 Å². The van der Waals surface area contributed by atoms with Crippen LogP contribution in [0, 0.1) is 0 Å². The number of nitrogens with zero attached hydrogens (tertiary/aromatic N) is 1. The van der Waals surface area contributed by atoms with Crippen molar-refractivity contribution in [1.82, 2.24) is 4.98 Å². The van der Waals surface area contributed by atoms with Crippen molar-refractivity contribution in [3.8, 4) is 5.88 Å². The molecule has 1 heterocycles. The van der Waals surface area contributed by atoms with Gasteiger partial charge in [0.25, 0.3) is 0 Å². The van der Waals surface area contributed by atoms with Gasteiger partial charge in [0.05, 0.1) is 34.8 Å². The van der Waals surface area contributed by atoms with E-state index in [0.717, 1.165) is 19.2 Å². The number of benzene rings is 2. The van der Waals surface area contributed by atoms with E-state index in [1.165, 1.54) is 6.07 Å². The molecule has 0 amide bonds. The molecular weight excluding hydrogens is 553 g/mol. The van der Waals surface area contributed by atoms with Crippen molar-refractivity contribution >= 4 is 24.0 Å². The van der Waals surface area contributed by atoms with Gasteiger partial charge in [0.15, 0.2) is 0 Å². The van der Waals surface area contributed by atoms with Crippen molar-refractivity contribution in [3.63, 3.8) is 0 Å². The van der Waals surface area contributed by atoms with Crippen LogP contribution in [-0.4, -0.2) is 12.1 Å². The molecule has 0 aliphatic carbocycles. The maximum Gasteiger partial charge on any atom is 0.417 e. The largest absolute Gasteiger partial charge is 0.481 e. The number of aromatic nitrogens is 1. The Kier molecular flexibility index (Phi) is 7.48. The van der Waals surface area contributed by atoms with E-state index in [2.05, 4.69) is 4.98 Å². The topological polar surface area (TPSA) is 22.1 Å². The van der Waals surface area contributed by atoms with E-state index in [9.17, 15) is 52.7 Å². The van der Waals surface area contributed by atoms with Crippen molar-refractivity contribution in [3.05, 3.63) is 76.9 Å². The van der Waals surface area contributed by atoms with Crippen LogP contribution >= 0.6 is 7.92 Å². The van der Waals surface area contributed by atoms with Gasteiger partial charge < -0.3 is 4.74 Å². The first kappa shape index (κ1) is 28.5. The number of rotatable bonds is 4. The van der Waals surface area contributed by atoms with Gasteiger partial charge in [0.2, 0.25) is 5.88 Å². The van der Waals surface area contributed by atoms with Crippen molar-refractivity contribution in [1.29, 1.82) is 0 Å². The molecule has 200 valence electrons. The summed E-state index contributed by atoms with van der Waals surface area (Å²) in [5.41, 5.74) is -7.75. The molecule has 0 radical (unpaired) electrons. The molecule has 2 aromatic carbocycles. The van der Waals surface area contributed by atoms with Crippen LogP contribution in [0.15, 0.2) is 54.6 Å². The van der Waals surface area contributed by atoms with Gasteiger partial charge in [0, 0.05) is 14.0 Å². The number of hydrogen-bond acceptors (Lipinski definition) is 2. The Labute approximate surface area is 201 Å². The molecule has 3 aromatic rings. The van der Waals surface area contributed by atoms with Gasteiger partial charge in [0.1, 0.15) is 0 Å². The molecular formula is C22H12F12NOP. The molecule has 0 aliphatic heterocycles. The van der Waals surface area contributed by atoms with Crippen LogP contribution < -0.4 is 20.8 Å². The van der Waals surface area contributed by atoms with E-state index in [4.69, 9.17) is 4.74 Å². The van der Waals surface area contributed by atoms with Crippen molar-refractivity contribution in [2.24, 2.45) is 0 Å². The lowest BCUT2D eigenvalue weighted by Crippen LogP contribution is -2.32. The second kappa shape index (κ2) is 9.70. The number of hydrogen-bond donors (Lipinski definition) is 0. The van der Waals surface area contributed by atoms with Crippen molar-refractivity contribution < 1.29 is 57.4 Å². The minimum atomic E-state index is -5.47. The molecule has 2 nitrogen and oxygen atoms in total. The number of halogens is 12. The molecule has 0 atom stereocenters. The summed E-state index contributed by atoms with van der Waals surface area (Å²) in [5.74, 6) is -0.258. The fourth-order valence-corrected chi connectivity index (χ4v) is 5.79. The van der Waals surface area contributed by atoms with Gasteiger partial charge in [-0.1, -0.05) is 18.2 Å². The SMILES string of the molecule is COc1cccc(P(c2ccc(C(F)(F)F)cc2C(F)(F)F)c2ccc(C(F)(F)F)cc2C(F)(F)F)n1. The van der Waals surface area contributed by atoms with Gasteiger partial charge in [-0.15, -0.1) is 0 Å². The third kappa shape index (κ3) is 6.28. The molecule has 0 spiro atoms. The van der Waals surface area contributed by atoms with Crippen LogP contribution in [0.1, 0.15) is 22.3 Å². The zero-order valence-corrected chi connectivity index (χ0v) is 18.9. The number of methoxy groups -OCH3 is 1. The van der Waals surface area contributed by atoms with Crippen LogP contribution in [0.3, 0.4) is 0 Å². The first-order chi connectivity index (χ1) is 16.8. The van der Waals surface area contributed by atoms with E-state index in [0.29, 0.717) is 12.1 Å². The highest BCUT2D eigenvalue weighted by molar-refractivity contribution is 7.79. The predicted molar refractivity (Wildman–Crippen MR) is 110 cm³/mol. The highest BCUT2D eigenvalue weighted by Crippen LogP contribution is 2.45. The predicted octanol–water partition coefficient (Wildman–Crippen LogP) is 6.92. The highest BCUT2D eigenvalue weighted by atomic mass is 31.1. The quantitative estimate of drug-likeness (QED) is 0.253. The standard InChI is InChI=1S/C22H12F12NOP/c1-36-17-3-2-4-18(35-17)37(15-7-5-11(19(23,24)25)9-13(15)21(29,30)31)16-8-6-12(20(26,27)28)10-14(16)22(32,33)34/h2-10H,1H3. The van der Waals surface area contributed by atoms with Crippen LogP contribution in [0.5, 0.6) is 5.88 Å². The molecule has 0 saturated heterocycles. The molecule has 3 rings (SSSR count). The first-order valence-electron chi connectivity index (χ1n) is 9.72. The third-order valence-corrected chi connectivity index (χ3v) is 7.34. The lowest BCUT2D eigenvalue weighted by molar-refractivity contribution is -0.144. The normalized spacial score (nSPS) is 13.2. The smallest absolute Gasteiger partial charge is 0.417 e.